The molecule has 260 valence electrons. The smallest absolute Gasteiger partial charge is 0.317 e. The van der Waals surface area contributed by atoms with Crippen LogP contribution in [0, 0.1) is 5.92 Å². The maximum atomic E-state index is 12.0. The molecular weight excluding hydrogens is 604 g/mol. The minimum atomic E-state index is -0.332. The van der Waals surface area contributed by atoms with Crippen LogP contribution in [0.15, 0.2) is 17.8 Å². The van der Waals surface area contributed by atoms with Crippen LogP contribution in [-0.4, -0.2) is 155 Å². The first kappa shape index (κ1) is 37.5. The number of aromatic nitrogens is 3. The molecule has 1 aromatic rings. The molecular formula is C30H50N6O10. The molecule has 0 aromatic carbocycles. The Morgan fingerprint density at radius 3 is 1.83 bits per heavy atom. The summed E-state index contributed by atoms with van der Waals surface area (Å²) in [6, 6.07) is -0.0135. The fourth-order valence-electron chi connectivity index (χ4n) is 4.51. The Labute approximate surface area is 270 Å². The van der Waals surface area contributed by atoms with Crippen molar-refractivity contribution in [1.29, 1.82) is 0 Å². The first-order chi connectivity index (χ1) is 22.4. The van der Waals surface area contributed by atoms with Gasteiger partial charge in [0.2, 0.25) is 0 Å². The maximum absolute atomic E-state index is 12.0. The number of urea groups is 1. The Bertz CT molecular complexity index is 1070. The monoisotopic (exact) mass is 654 g/mol. The van der Waals surface area contributed by atoms with Crippen LogP contribution in [0.5, 0.6) is 0 Å². The van der Waals surface area contributed by atoms with Gasteiger partial charge in [0.15, 0.2) is 0 Å². The van der Waals surface area contributed by atoms with Gasteiger partial charge in [0, 0.05) is 31.3 Å². The fourth-order valence-corrected chi connectivity index (χ4v) is 4.51. The van der Waals surface area contributed by atoms with Crippen molar-refractivity contribution >= 4 is 17.8 Å². The van der Waals surface area contributed by atoms with E-state index in [4.69, 9.17) is 33.2 Å². The molecule has 0 radical (unpaired) electrons. The molecule has 16 nitrogen and oxygen atoms in total. The van der Waals surface area contributed by atoms with E-state index in [0.29, 0.717) is 123 Å². The second-order valence-electron chi connectivity index (χ2n) is 10.9. The average Bonchev–Trinajstić information content (AvgIpc) is 3.75. The first-order valence-corrected chi connectivity index (χ1v) is 15.9. The van der Waals surface area contributed by atoms with Crippen molar-refractivity contribution < 1.29 is 47.5 Å². The van der Waals surface area contributed by atoms with E-state index in [1.807, 2.05) is 4.90 Å². The van der Waals surface area contributed by atoms with Crippen molar-refractivity contribution in [2.75, 3.05) is 112 Å². The molecule has 2 aliphatic heterocycles. The van der Waals surface area contributed by atoms with Crippen molar-refractivity contribution in [3.63, 3.8) is 0 Å². The highest BCUT2D eigenvalue weighted by Crippen LogP contribution is 2.15. The van der Waals surface area contributed by atoms with Crippen LogP contribution >= 0.6 is 0 Å². The molecule has 0 saturated carbocycles. The summed E-state index contributed by atoms with van der Waals surface area (Å²) in [5.41, 5.74) is 0.960. The van der Waals surface area contributed by atoms with Crippen LogP contribution in [0.3, 0.4) is 0 Å². The molecule has 16 heteroatoms. The van der Waals surface area contributed by atoms with Crippen LogP contribution in [-0.2, 0) is 55.8 Å². The molecule has 46 heavy (non-hydrogen) atoms. The minimum Gasteiger partial charge on any atom is -0.377 e. The summed E-state index contributed by atoms with van der Waals surface area (Å²) in [5.74, 6) is -0.0565. The third-order valence-corrected chi connectivity index (χ3v) is 7.03. The fraction of sp³-hybridized carbons (Fsp3) is 0.767. The zero-order valence-electron chi connectivity index (χ0n) is 27.2. The third kappa shape index (κ3) is 15.1. The summed E-state index contributed by atoms with van der Waals surface area (Å²) in [4.78, 5) is 38.8. The quantitative estimate of drug-likeness (QED) is 0.107. The molecule has 1 fully saturated rings. The highest BCUT2D eigenvalue weighted by atomic mass is 16.6. The Kier molecular flexibility index (Phi) is 18.3. The molecule has 0 spiro atoms. The third-order valence-electron chi connectivity index (χ3n) is 7.03. The van der Waals surface area contributed by atoms with Crippen molar-refractivity contribution in [2.24, 2.45) is 5.92 Å². The molecule has 1 N–H and O–H groups in total. The van der Waals surface area contributed by atoms with E-state index >= 15 is 0 Å². The molecule has 3 rings (SSSR count). The van der Waals surface area contributed by atoms with Gasteiger partial charge in [-0.3, -0.25) is 14.5 Å². The number of nitrogens with one attached hydrogen (secondary N) is 1. The molecule has 1 atom stereocenters. The summed E-state index contributed by atoms with van der Waals surface area (Å²) < 4.78 is 40.0. The van der Waals surface area contributed by atoms with Crippen LogP contribution in [0.1, 0.15) is 26.0 Å². The van der Waals surface area contributed by atoms with Gasteiger partial charge in [0.25, 0.3) is 11.8 Å². The second-order valence-corrected chi connectivity index (χ2v) is 10.9. The van der Waals surface area contributed by atoms with E-state index in [2.05, 4.69) is 22.6 Å². The summed E-state index contributed by atoms with van der Waals surface area (Å²) in [7, 11) is 0. The van der Waals surface area contributed by atoms with Gasteiger partial charge >= 0.3 is 6.03 Å². The van der Waals surface area contributed by atoms with Crippen LogP contribution in [0.4, 0.5) is 4.79 Å². The van der Waals surface area contributed by atoms with E-state index in [0.717, 1.165) is 24.4 Å². The molecule has 3 heterocycles. The van der Waals surface area contributed by atoms with Crippen LogP contribution < -0.4 is 5.32 Å². The first-order valence-electron chi connectivity index (χ1n) is 15.9. The van der Waals surface area contributed by atoms with E-state index in [1.54, 1.807) is 17.8 Å². The molecule has 1 aromatic heterocycles. The van der Waals surface area contributed by atoms with Gasteiger partial charge in [-0.05, 0) is 19.3 Å². The van der Waals surface area contributed by atoms with E-state index in [-0.39, 0.29) is 24.4 Å². The van der Waals surface area contributed by atoms with E-state index in [1.165, 1.54) is 6.08 Å². The summed E-state index contributed by atoms with van der Waals surface area (Å²) >= 11 is 0. The highest BCUT2D eigenvalue weighted by Gasteiger charge is 2.29. The highest BCUT2D eigenvalue weighted by molar-refractivity contribution is 6.15. The minimum absolute atomic E-state index is 0.0135. The van der Waals surface area contributed by atoms with Crippen molar-refractivity contribution in [3.8, 4) is 0 Å². The van der Waals surface area contributed by atoms with Crippen LogP contribution in [0.2, 0.25) is 0 Å². The van der Waals surface area contributed by atoms with Crippen LogP contribution in [0.25, 0.3) is 0 Å². The molecule has 0 unspecified atom stereocenters. The van der Waals surface area contributed by atoms with Crippen molar-refractivity contribution in [1.82, 2.24) is 30.1 Å². The number of hydrogen-bond donors (Lipinski definition) is 1. The lowest BCUT2D eigenvalue weighted by Gasteiger charge is -2.16. The molecule has 4 amide bonds. The SMILES string of the molecule is CC1=CC(=O)N(Cc2cn(CCOCCOCCOCCOCCOCCOCCOCCNC(=O)N3CC[C@@H](C)C3)nn2)C1=O. The Morgan fingerprint density at radius 2 is 1.35 bits per heavy atom. The van der Waals surface area contributed by atoms with E-state index in [9.17, 15) is 14.4 Å². The summed E-state index contributed by atoms with van der Waals surface area (Å²) in [5, 5.41) is 10.9. The Morgan fingerprint density at radius 1 is 0.826 bits per heavy atom. The second kappa shape index (κ2) is 22.5. The number of ether oxygens (including phenoxy) is 7. The number of amides is 4. The lowest BCUT2D eigenvalue weighted by molar-refractivity contribution is -0.137. The van der Waals surface area contributed by atoms with E-state index < -0.39 is 0 Å². The molecule has 2 aliphatic rings. The van der Waals surface area contributed by atoms with Gasteiger partial charge in [-0.1, -0.05) is 12.1 Å². The molecule has 1 saturated heterocycles. The molecule has 0 aliphatic carbocycles. The predicted octanol–water partition coefficient (Wildman–Crippen LogP) is 0.261. The largest absolute Gasteiger partial charge is 0.377 e. The Hall–Kier alpha value is -2.99. The zero-order valence-corrected chi connectivity index (χ0v) is 27.2. The van der Waals surface area contributed by atoms with Crippen molar-refractivity contribution in [2.45, 2.75) is 33.4 Å². The van der Waals surface area contributed by atoms with Gasteiger partial charge in [0.05, 0.1) is 112 Å². The Balaban J connectivity index is 0.974. The van der Waals surface area contributed by atoms with Crippen molar-refractivity contribution in [3.05, 3.63) is 23.5 Å². The van der Waals surface area contributed by atoms with Gasteiger partial charge in [-0.2, -0.15) is 0 Å². The number of hydrogen-bond acceptors (Lipinski definition) is 12. The summed E-state index contributed by atoms with van der Waals surface area (Å²) in [6.07, 6.45) is 4.09. The van der Waals surface area contributed by atoms with Gasteiger partial charge in [0.1, 0.15) is 5.69 Å². The zero-order chi connectivity index (χ0) is 32.8. The lowest BCUT2D eigenvalue weighted by atomic mass is 10.2. The predicted molar refractivity (Wildman–Crippen MR) is 164 cm³/mol. The topological polar surface area (TPSA) is 165 Å². The number of carbonyl (C=O) groups excluding carboxylic acids is 3. The molecule has 0 bridgehead atoms. The van der Waals surface area contributed by atoms with Gasteiger partial charge in [-0.25, -0.2) is 9.48 Å². The normalized spacial score (nSPS) is 16.6. The number of likely N-dealkylation sites (tertiary alicyclic amines) is 1. The number of carbonyl (C=O) groups is 3. The number of rotatable bonds is 26. The summed E-state index contributed by atoms with van der Waals surface area (Å²) in [6.45, 7) is 13.0. The van der Waals surface area contributed by atoms with Gasteiger partial charge in [-0.15, -0.1) is 5.10 Å². The van der Waals surface area contributed by atoms with Gasteiger partial charge < -0.3 is 43.4 Å². The lowest BCUT2D eigenvalue weighted by Crippen LogP contribution is -2.39. The maximum Gasteiger partial charge on any atom is 0.317 e. The number of nitrogens with zero attached hydrogens (tertiary/aromatic N) is 5. The standard InChI is InChI=1S/C30H50N6O10/c1-25-3-5-34(22-25)30(39)31-4-7-40-9-11-42-13-15-44-17-19-46-20-18-45-16-14-43-12-10-41-8-6-35-23-27(32-33-35)24-36-28(37)21-26(2)29(36)38/h21,23,25H,3-20,22,24H2,1-2H3,(H,31,39)/t25-/m1/s1. The average molecular weight is 655 g/mol. The number of imide groups is 1.